The summed E-state index contributed by atoms with van der Waals surface area (Å²) in [4.78, 5) is 26.2. The fraction of sp³-hybridized carbons (Fsp3) is 0.167. The Labute approximate surface area is 189 Å². The summed E-state index contributed by atoms with van der Waals surface area (Å²) >= 11 is 7.55. The molecule has 5 nitrogen and oxygen atoms in total. The number of anilines is 1. The number of carbonyl (C=O) groups excluding carboxylic acids is 1. The Balaban J connectivity index is 1.81. The van der Waals surface area contributed by atoms with Gasteiger partial charge in [0.1, 0.15) is 6.54 Å². The highest BCUT2D eigenvalue weighted by Gasteiger charge is 2.21. The number of nitrogens with zero attached hydrogens (tertiary/aromatic N) is 1. The Morgan fingerprint density at radius 3 is 2.61 bits per heavy atom. The first-order chi connectivity index (χ1) is 14.9. The van der Waals surface area contributed by atoms with E-state index >= 15 is 0 Å². The summed E-state index contributed by atoms with van der Waals surface area (Å²) in [6.07, 6.45) is 7.54. The van der Waals surface area contributed by atoms with E-state index in [1.54, 1.807) is 4.57 Å². The molecule has 0 radical (unpaired) electrons. The SMILES string of the molecule is Cc1c(Sc2ccc(Cl)cc2)c2c(NC(=O)C3=CCCC=C3)cccc2n1CC(=O)O. The molecule has 0 fully saturated rings. The topological polar surface area (TPSA) is 71.3 Å². The van der Waals surface area contributed by atoms with Crippen LogP contribution in [0.5, 0.6) is 0 Å². The monoisotopic (exact) mass is 452 g/mol. The van der Waals surface area contributed by atoms with Crippen molar-refractivity contribution in [3.8, 4) is 0 Å². The summed E-state index contributed by atoms with van der Waals surface area (Å²) in [5.41, 5.74) is 2.89. The standard InChI is InChI=1S/C24H21ClN2O3S/c1-15-23(31-18-12-10-17(25)11-13-18)22-19(26-24(30)16-6-3-2-4-7-16)8-5-9-20(22)27(15)14-21(28)29/h3,5-13H,2,4,14H2,1H3,(H,26,30)(H,28,29). The molecule has 0 atom stereocenters. The molecule has 0 spiro atoms. The number of rotatable bonds is 6. The molecule has 2 aromatic carbocycles. The molecule has 0 saturated carbocycles. The van der Waals surface area contributed by atoms with Crippen LogP contribution >= 0.6 is 23.4 Å². The van der Waals surface area contributed by atoms with Gasteiger partial charge in [0.25, 0.3) is 5.91 Å². The number of carbonyl (C=O) groups is 2. The molecule has 1 amide bonds. The predicted octanol–water partition coefficient (Wildman–Crippen LogP) is 6.05. The van der Waals surface area contributed by atoms with Crippen LogP contribution in [0, 0.1) is 6.92 Å². The minimum Gasteiger partial charge on any atom is -0.480 e. The van der Waals surface area contributed by atoms with Gasteiger partial charge in [-0.2, -0.15) is 0 Å². The van der Waals surface area contributed by atoms with Gasteiger partial charge in [-0.1, -0.05) is 47.7 Å². The fourth-order valence-electron chi connectivity index (χ4n) is 3.65. The van der Waals surface area contributed by atoms with Crippen molar-refractivity contribution in [2.45, 2.75) is 36.1 Å². The largest absolute Gasteiger partial charge is 0.480 e. The van der Waals surface area contributed by atoms with E-state index < -0.39 is 5.97 Å². The number of carboxylic acid groups (broad SMARTS) is 1. The predicted molar refractivity (Wildman–Crippen MR) is 125 cm³/mol. The van der Waals surface area contributed by atoms with Crippen LogP contribution in [0.25, 0.3) is 10.9 Å². The van der Waals surface area contributed by atoms with Crippen LogP contribution in [0.1, 0.15) is 18.5 Å². The molecule has 1 heterocycles. The Kier molecular flexibility index (Phi) is 6.20. The van der Waals surface area contributed by atoms with Gasteiger partial charge in [0, 0.05) is 31.5 Å². The van der Waals surface area contributed by atoms with Crippen molar-refractivity contribution in [2.75, 3.05) is 5.32 Å². The summed E-state index contributed by atoms with van der Waals surface area (Å²) < 4.78 is 1.77. The van der Waals surface area contributed by atoms with Gasteiger partial charge in [-0.3, -0.25) is 9.59 Å². The molecular formula is C24H21ClN2O3S. The molecule has 158 valence electrons. The lowest BCUT2D eigenvalue weighted by Crippen LogP contribution is -2.14. The van der Waals surface area contributed by atoms with E-state index in [0.717, 1.165) is 39.2 Å². The molecule has 4 rings (SSSR count). The lowest BCUT2D eigenvalue weighted by atomic mass is 10.1. The van der Waals surface area contributed by atoms with Crippen LogP contribution in [-0.2, 0) is 16.1 Å². The number of benzene rings is 2. The number of hydrogen-bond acceptors (Lipinski definition) is 3. The first kappa shape index (κ1) is 21.3. The molecule has 3 aromatic rings. The third kappa shape index (κ3) is 4.55. The normalized spacial score (nSPS) is 13.3. The fourth-order valence-corrected chi connectivity index (χ4v) is 4.86. The maximum absolute atomic E-state index is 12.8. The number of aliphatic carboxylic acids is 1. The number of halogens is 1. The maximum Gasteiger partial charge on any atom is 0.323 e. The molecule has 1 aliphatic rings. The molecular weight excluding hydrogens is 432 g/mol. The zero-order valence-corrected chi connectivity index (χ0v) is 18.5. The molecule has 0 unspecified atom stereocenters. The van der Waals surface area contributed by atoms with Crippen molar-refractivity contribution in [1.82, 2.24) is 4.57 Å². The lowest BCUT2D eigenvalue weighted by molar-refractivity contribution is -0.137. The third-order valence-corrected chi connectivity index (χ3v) is 6.59. The van der Waals surface area contributed by atoms with Gasteiger partial charge in [-0.25, -0.2) is 0 Å². The summed E-state index contributed by atoms with van der Waals surface area (Å²) in [6.45, 7) is 1.74. The van der Waals surface area contributed by atoms with Crippen LogP contribution < -0.4 is 5.32 Å². The second-order valence-electron chi connectivity index (χ2n) is 7.24. The number of fused-ring (bicyclic) bond motifs is 1. The lowest BCUT2D eigenvalue weighted by Gasteiger charge is -2.11. The minimum atomic E-state index is -0.921. The van der Waals surface area contributed by atoms with Crippen LogP contribution in [0.15, 0.2) is 76.1 Å². The number of hydrogen-bond donors (Lipinski definition) is 2. The van der Waals surface area contributed by atoms with Gasteiger partial charge in [0.05, 0.1) is 11.2 Å². The van der Waals surface area contributed by atoms with E-state index in [2.05, 4.69) is 5.32 Å². The minimum absolute atomic E-state index is 0.158. The van der Waals surface area contributed by atoms with Crippen molar-refractivity contribution < 1.29 is 14.7 Å². The number of aromatic nitrogens is 1. The Hall–Kier alpha value is -2.96. The number of carboxylic acids is 1. The zero-order valence-electron chi connectivity index (χ0n) is 16.9. The van der Waals surface area contributed by atoms with E-state index in [4.69, 9.17) is 11.6 Å². The van der Waals surface area contributed by atoms with Crippen molar-refractivity contribution >= 4 is 51.8 Å². The van der Waals surface area contributed by atoms with Crippen LogP contribution in [0.4, 0.5) is 5.69 Å². The quantitative estimate of drug-likeness (QED) is 0.477. The highest BCUT2D eigenvalue weighted by molar-refractivity contribution is 7.99. The van der Waals surface area contributed by atoms with Crippen LogP contribution in [-0.4, -0.2) is 21.6 Å². The van der Waals surface area contributed by atoms with Crippen molar-refractivity contribution in [3.05, 3.63) is 77.0 Å². The van der Waals surface area contributed by atoms with E-state index in [1.807, 2.05) is 67.6 Å². The van der Waals surface area contributed by atoms with Crippen molar-refractivity contribution in [2.24, 2.45) is 0 Å². The van der Waals surface area contributed by atoms with E-state index in [9.17, 15) is 14.7 Å². The van der Waals surface area contributed by atoms with Gasteiger partial charge in [-0.05, 0) is 56.2 Å². The Morgan fingerprint density at radius 2 is 1.94 bits per heavy atom. The third-order valence-electron chi connectivity index (χ3n) is 5.13. The second-order valence-corrected chi connectivity index (χ2v) is 8.76. The van der Waals surface area contributed by atoms with Gasteiger partial charge in [0.2, 0.25) is 0 Å². The molecule has 1 aliphatic carbocycles. The Morgan fingerprint density at radius 1 is 1.16 bits per heavy atom. The highest BCUT2D eigenvalue weighted by Crippen LogP contribution is 2.42. The molecule has 1 aromatic heterocycles. The number of nitrogens with one attached hydrogen (secondary N) is 1. The summed E-state index contributed by atoms with van der Waals surface area (Å²) in [7, 11) is 0. The van der Waals surface area contributed by atoms with Crippen molar-refractivity contribution in [3.63, 3.8) is 0 Å². The molecule has 0 aliphatic heterocycles. The first-order valence-electron chi connectivity index (χ1n) is 9.89. The van der Waals surface area contributed by atoms with Crippen LogP contribution in [0.2, 0.25) is 5.02 Å². The number of allylic oxidation sites excluding steroid dienone is 2. The number of amides is 1. The summed E-state index contributed by atoms with van der Waals surface area (Å²) in [5, 5.41) is 13.9. The smallest absolute Gasteiger partial charge is 0.323 e. The highest BCUT2D eigenvalue weighted by atomic mass is 35.5. The molecule has 7 heteroatoms. The second kappa shape index (κ2) is 9.04. The van der Waals surface area contributed by atoms with E-state index in [-0.39, 0.29) is 12.5 Å². The average Bonchev–Trinajstić information content (AvgIpc) is 3.02. The van der Waals surface area contributed by atoms with Gasteiger partial charge < -0.3 is 15.0 Å². The van der Waals surface area contributed by atoms with Gasteiger partial charge in [0.15, 0.2) is 0 Å². The molecule has 31 heavy (non-hydrogen) atoms. The molecule has 2 N–H and O–H groups in total. The molecule has 0 bridgehead atoms. The van der Waals surface area contributed by atoms with Gasteiger partial charge in [-0.15, -0.1) is 0 Å². The van der Waals surface area contributed by atoms with Crippen molar-refractivity contribution in [1.29, 1.82) is 0 Å². The van der Waals surface area contributed by atoms with E-state index in [0.29, 0.717) is 16.3 Å². The summed E-state index contributed by atoms with van der Waals surface area (Å²) in [6, 6.07) is 13.0. The average molecular weight is 453 g/mol. The zero-order chi connectivity index (χ0) is 22.0. The Bertz CT molecular complexity index is 1230. The first-order valence-corrected chi connectivity index (χ1v) is 11.1. The van der Waals surface area contributed by atoms with E-state index in [1.165, 1.54) is 11.8 Å². The molecule has 0 saturated heterocycles. The summed E-state index contributed by atoms with van der Waals surface area (Å²) in [5.74, 6) is -1.09. The maximum atomic E-state index is 12.8. The van der Waals surface area contributed by atoms with Gasteiger partial charge >= 0.3 is 5.97 Å². The van der Waals surface area contributed by atoms with Crippen LogP contribution in [0.3, 0.4) is 0 Å².